The van der Waals surface area contributed by atoms with E-state index in [-0.39, 0.29) is 0 Å². The summed E-state index contributed by atoms with van der Waals surface area (Å²) in [7, 11) is 1.64. The van der Waals surface area contributed by atoms with Crippen LogP contribution in [0, 0.1) is 6.92 Å². The number of nitrogens with two attached hydrogens (primary N) is 1. The fraction of sp³-hybridized carbons (Fsp3) is 0.143. The van der Waals surface area contributed by atoms with E-state index in [2.05, 4.69) is 0 Å². The summed E-state index contributed by atoms with van der Waals surface area (Å²) < 4.78 is 10.8. The van der Waals surface area contributed by atoms with Gasteiger partial charge in [-0.3, -0.25) is 0 Å². The van der Waals surface area contributed by atoms with Gasteiger partial charge < -0.3 is 15.2 Å². The summed E-state index contributed by atoms with van der Waals surface area (Å²) in [5.41, 5.74) is 7.50. The van der Waals surface area contributed by atoms with Crippen molar-refractivity contribution in [1.82, 2.24) is 0 Å². The molecule has 0 aromatic heterocycles. The lowest BCUT2D eigenvalue weighted by molar-refractivity contribution is 0.412. The zero-order chi connectivity index (χ0) is 12.3. The van der Waals surface area contributed by atoms with Gasteiger partial charge in [-0.05, 0) is 43.3 Å². The molecule has 3 heteroatoms. The molecule has 3 nitrogen and oxygen atoms in total. The van der Waals surface area contributed by atoms with Gasteiger partial charge in [0.1, 0.15) is 17.2 Å². The van der Waals surface area contributed by atoms with Gasteiger partial charge in [-0.1, -0.05) is 6.07 Å². The van der Waals surface area contributed by atoms with Gasteiger partial charge in [0.05, 0.1) is 7.11 Å². The Morgan fingerprint density at radius 1 is 0.941 bits per heavy atom. The summed E-state index contributed by atoms with van der Waals surface area (Å²) in [6, 6.07) is 13.1. The summed E-state index contributed by atoms with van der Waals surface area (Å²) in [6.45, 7) is 1.94. The molecule has 17 heavy (non-hydrogen) atoms. The molecule has 0 amide bonds. The molecule has 0 saturated carbocycles. The molecular weight excluding hydrogens is 214 g/mol. The molecule has 0 bridgehead atoms. The summed E-state index contributed by atoms with van der Waals surface area (Å²) in [5.74, 6) is 2.34. The number of benzene rings is 2. The van der Waals surface area contributed by atoms with Crippen molar-refractivity contribution in [1.29, 1.82) is 0 Å². The van der Waals surface area contributed by atoms with E-state index in [0.717, 1.165) is 28.5 Å². The molecule has 0 radical (unpaired) electrons. The van der Waals surface area contributed by atoms with E-state index in [1.807, 2.05) is 49.4 Å². The smallest absolute Gasteiger partial charge is 0.132 e. The number of hydrogen-bond acceptors (Lipinski definition) is 3. The molecule has 0 heterocycles. The molecule has 0 aliphatic rings. The van der Waals surface area contributed by atoms with Crippen molar-refractivity contribution in [3.63, 3.8) is 0 Å². The number of ether oxygens (including phenoxy) is 2. The molecule has 0 unspecified atom stereocenters. The normalized spacial score (nSPS) is 10.0. The van der Waals surface area contributed by atoms with E-state index in [4.69, 9.17) is 15.2 Å². The monoisotopic (exact) mass is 229 g/mol. The van der Waals surface area contributed by atoms with Gasteiger partial charge in [0.25, 0.3) is 0 Å². The predicted molar refractivity (Wildman–Crippen MR) is 68.7 cm³/mol. The first-order chi connectivity index (χ1) is 8.20. The van der Waals surface area contributed by atoms with Gasteiger partial charge >= 0.3 is 0 Å². The third-order valence-electron chi connectivity index (χ3n) is 2.61. The van der Waals surface area contributed by atoms with Crippen molar-refractivity contribution < 1.29 is 9.47 Å². The lowest BCUT2D eigenvalue weighted by Crippen LogP contribution is -1.93. The van der Waals surface area contributed by atoms with Crippen LogP contribution in [0.4, 0.5) is 5.69 Å². The highest BCUT2D eigenvalue weighted by atomic mass is 16.5. The number of hydrogen-bond donors (Lipinski definition) is 1. The Morgan fingerprint density at radius 2 is 1.59 bits per heavy atom. The molecular formula is C14H15NO2. The Labute approximate surface area is 101 Å². The molecule has 0 atom stereocenters. The first-order valence-corrected chi connectivity index (χ1v) is 5.37. The van der Waals surface area contributed by atoms with Crippen molar-refractivity contribution in [2.45, 2.75) is 6.92 Å². The zero-order valence-corrected chi connectivity index (χ0v) is 9.94. The lowest BCUT2D eigenvalue weighted by atomic mass is 10.2. The van der Waals surface area contributed by atoms with E-state index in [1.165, 1.54) is 0 Å². The second-order valence-electron chi connectivity index (χ2n) is 3.75. The third kappa shape index (κ3) is 2.50. The maximum absolute atomic E-state index is 5.82. The van der Waals surface area contributed by atoms with Crippen LogP contribution in [-0.4, -0.2) is 7.11 Å². The summed E-state index contributed by atoms with van der Waals surface area (Å²) >= 11 is 0. The summed E-state index contributed by atoms with van der Waals surface area (Å²) in [6.07, 6.45) is 0. The van der Waals surface area contributed by atoms with Crippen molar-refractivity contribution >= 4 is 5.69 Å². The molecule has 0 aliphatic carbocycles. The predicted octanol–water partition coefficient (Wildman–Crippen LogP) is 3.38. The van der Waals surface area contributed by atoms with Crippen LogP contribution in [0.25, 0.3) is 0 Å². The highest BCUT2D eigenvalue weighted by Crippen LogP contribution is 2.29. The molecule has 0 aliphatic heterocycles. The Bertz CT molecular complexity index is 506. The number of methoxy groups -OCH3 is 1. The van der Waals surface area contributed by atoms with Crippen LogP contribution in [0.1, 0.15) is 5.56 Å². The largest absolute Gasteiger partial charge is 0.497 e. The van der Waals surface area contributed by atoms with Gasteiger partial charge in [-0.2, -0.15) is 0 Å². The van der Waals surface area contributed by atoms with Crippen LogP contribution in [0.15, 0.2) is 42.5 Å². The third-order valence-corrected chi connectivity index (χ3v) is 2.61. The average Bonchev–Trinajstić information content (AvgIpc) is 2.36. The zero-order valence-electron chi connectivity index (χ0n) is 9.94. The van der Waals surface area contributed by atoms with E-state index >= 15 is 0 Å². The van der Waals surface area contributed by atoms with E-state index < -0.39 is 0 Å². The SMILES string of the molecule is COc1ccc(Oc2cccc(N)c2C)cc1. The molecule has 0 spiro atoms. The standard InChI is InChI=1S/C14H15NO2/c1-10-13(15)4-3-5-14(10)17-12-8-6-11(16-2)7-9-12/h3-9H,15H2,1-2H3. The van der Waals surface area contributed by atoms with Gasteiger partial charge in [-0.25, -0.2) is 0 Å². The second kappa shape index (κ2) is 4.78. The summed E-state index contributed by atoms with van der Waals surface area (Å²) in [4.78, 5) is 0. The van der Waals surface area contributed by atoms with Crippen LogP contribution in [0.3, 0.4) is 0 Å². The molecule has 2 aromatic carbocycles. The minimum absolute atomic E-state index is 0.732. The van der Waals surface area contributed by atoms with E-state index in [1.54, 1.807) is 7.11 Å². The number of nitrogen functional groups attached to an aromatic ring is 1. The highest BCUT2D eigenvalue weighted by Gasteiger charge is 2.03. The van der Waals surface area contributed by atoms with Crippen molar-refractivity contribution in [2.24, 2.45) is 0 Å². The van der Waals surface area contributed by atoms with Gasteiger partial charge in [0, 0.05) is 11.3 Å². The second-order valence-corrected chi connectivity index (χ2v) is 3.75. The summed E-state index contributed by atoms with van der Waals surface area (Å²) in [5, 5.41) is 0. The topological polar surface area (TPSA) is 44.5 Å². The highest BCUT2D eigenvalue weighted by molar-refractivity contribution is 5.54. The Hall–Kier alpha value is -2.16. The van der Waals surface area contributed by atoms with Crippen LogP contribution < -0.4 is 15.2 Å². The molecule has 2 rings (SSSR count). The van der Waals surface area contributed by atoms with Crippen molar-refractivity contribution in [2.75, 3.05) is 12.8 Å². The molecule has 0 fully saturated rings. The Kier molecular flexibility index (Phi) is 3.19. The van der Waals surface area contributed by atoms with E-state index in [0.29, 0.717) is 0 Å². The first kappa shape index (κ1) is 11.3. The fourth-order valence-electron chi connectivity index (χ4n) is 1.51. The van der Waals surface area contributed by atoms with E-state index in [9.17, 15) is 0 Å². The van der Waals surface area contributed by atoms with Gasteiger partial charge in [0.15, 0.2) is 0 Å². The lowest BCUT2D eigenvalue weighted by Gasteiger charge is -2.10. The van der Waals surface area contributed by atoms with Crippen LogP contribution in [-0.2, 0) is 0 Å². The minimum Gasteiger partial charge on any atom is -0.497 e. The first-order valence-electron chi connectivity index (χ1n) is 5.37. The van der Waals surface area contributed by atoms with Gasteiger partial charge in [0.2, 0.25) is 0 Å². The maximum atomic E-state index is 5.82. The van der Waals surface area contributed by atoms with Crippen LogP contribution in [0.5, 0.6) is 17.2 Å². The average molecular weight is 229 g/mol. The fourth-order valence-corrected chi connectivity index (χ4v) is 1.51. The quantitative estimate of drug-likeness (QED) is 0.820. The van der Waals surface area contributed by atoms with Crippen LogP contribution in [0.2, 0.25) is 0 Å². The molecule has 2 aromatic rings. The van der Waals surface area contributed by atoms with Crippen molar-refractivity contribution in [3.05, 3.63) is 48.0 Å². The number of rotatable bonds is 3. The number of anilines is 1. The molecule has 88 valence electrons. The minimum atomic E-state index is 0.732. The van der Waals surface area contributed by atoms with Crippen molar-refractivity contribution in [3.8, 4) is 17.2 Å². The molecule has 0 saturated heterocycles. The van der Waals surface area contributed by atoms with Gasteiger partial charge in [-0.15, -0.1) is 0 Å². The maximum Gasteiger partial charge on any atom is 0.132 e. The Balaban J connectivity index is 2.22. The Morgan fingerprint density at radius 3 is 2.24 bits per heavy atom. The molecule has 2 N–H and O–H groups in total. The van der Waals surface area contributed by atoms with Crippen LogP contribution >= 0.6 is 0 Å².